The molecule has 0 aliphatic rings. The Bertz CT molecular complexity index is 915. The predicted octanol–water partition coefficient (Wildman–Crippen LogP) is 3.24. The van der Waals surface area contributed by atoms with Crippen molar-refractivity contribution in [3.8, 4) is 5.75 Å². The molecule has 4 nitrogen and oxygen atoms in total. The maximum atomic E-state index is 12.5. The van der Waals surface area contributed by atoms with Crippen LogP contribution in [0.2, 0.25) is 0 Å². The van der Waals surface area contributed by atoms with Gasteiger partial charge in [0.15, 0.2) is 0 Å². The molecule has 7 heteroatoms. The Kier molecular flexibility index (Phi) is 3.55. The zero-order chi connectivity index (χ0) is 16.6. The van der Waals surface area contributed by atoms with Crippen molar-refractivity contribution in [2.75, 3.05) is 0 Å². The van der Waals surface area contributed by atoms with Crippen LogP contribution in [0.1, 0.15) is 16.8 Å². The second-order valence-corrected chi connectivity index (χ2v) is 5.05. The molecule has 0 aliphatic heterocycles. The SMILES string of the molecule is O=c1[nH]c2ccccc2c(O)c1Cc1ccc(C(F)(F)F)nc1. The molecule has 0 spiro atoms. The third-order valence-electron chi connectivity index (χ3n) is 3.49. The molecule has 2 heterocycles. The van der Waals surface area contributed by atoms with Crippen LogP contribution in [0.15, 0.2) is 47.4 Å². The molecule has 3 aromatic rings. The second-order valence-electron chi connectivity index (χ2n) is 5.05. The van der Waals surface area contributed by atoms with Gasteiger partial charge in [-0.2, -0.15) is 13.2 Å². The number of hydrogen-bond donors (Lipinski definition) is 2. The summed E-state index contributed by atoms with van der Waals surface area (Å²) in [6, 6.07) is 8.82. The monoisotopic (exact) mass is 320 g/mol. The maximum absolute atomic E-state index is 12.5. The van der Waals surface area contributed by atoms with Gasteiger partial charge in [0.25, 0.3) is 5.56 Å². The first-order valence-corrected chi connectivity index (χ1v) is 6.71. The quantitative estimate of drug-likeness (QED) is 0.762. The van der Waals surface area contributed by atoms with Gasteiger partial charge in [0.05, 0.1) is 11.1 Å². The Morgan fingerprint density at radius 1 is 1.13 bits per heavy atom. The highest BCUT2D eigenvalue weighted by atomic mass is 19.4. The molecule has 0 bridgehead atoms. The maximum Gasteiger partial charge on any atom is 0.433 e. The Balaban J connectivity index is 2.00. The van der Waals surface area contributed by atoms with Crippen molar-refractivity contribution < 1.29 is 18.3 Å². The van der Waals surface area contributed by atoms with Gasteiger partial charge in [0.2, 0.25) is 0 Å². The van der Waals surface area contributed by atoms with Gasteiger partial charge < -0.3 is 10.1 Å². The van der Waals surface area contributed by atoms with Crippen molar-refractivity contribution in [1.29, 1.82) is 0 Å². The summed E-state index contributed by atoms with van der Waals surface area (Å²) in [7, 11) is 0. The fourth-order valence-electron chi connectivity index (χ4n) is 2.33. The van der Waals surface area contributed by atoms with Crippen LogP contribution in [0.25, 0.3) is 10.9 Å². The van der Waals surface area contributed by atoms with Crippen LogP contribution >= 0.6 is 0 Å². The second kappa shape index (κ2) is 5.42. The molecule has 0 saturated heterocycles. The fraction of sp³-hybridized carbons (Fsp3) is 0.125. The molecule has 0 atom stereocenters. The molecular formula is C16H11F3N2O2. The van der Waals surface area contributed by atoms with E-state index in [1.54, 1.807) is 24.3 Å². The van der Waals surface area contributed by atoms with E-state index in [0.717, 1.165) is 12.3 Å². The van der Waals surface area contributed by atoms with E-state index < -0.39 is 17.4 Å². The minimum atomic E-state index is -4.51. The summed E-state index contributed by atoms with van der Waals surface area (Å²) in [5.74, 6) is -0.177. The number of pyridine rings is 2. The number of aromatic amines is 1. The molecule has 0 unspecified atom stereocenters. The summed E-state index contributed by atoms with van der Waals surface area (Å²) < 4.78 is 37.5. The zero-order valence-corrected chi connectivity index (χ0v) is 11.7. The number of nitrogens with one attached hydrogen (secondary N) is 1. The number of halogens is 3. The lowest BCUT2D eigenvalue weighted by Gasteiger charge is -2.09. The molecule has 0 saturated carbocycles. The lowest BCUT2D eigenvalue weighted by Crippen LogP contribution is -2.14. The first-order valence-electron chi connectivity index (χ1n) is 6.71. The van der Waals surface area contributed by atoms with E-state index in [9.17, 15) is 23.1 Å². The Labute approximate surface area is 128 Å². The number of H-pyrrole nitrogens is 1. The first-order chi connectivity index (χ1) is 10.9. The van der Waals surface area contributed by atoms with E-state index in [1.165, 1.54) is 6.07 Å². The summed E-state index contributed by atoms with van der Waals surface area (Å²) in [5.41, 5.74) is -0.511. The van der Waals surface area contributed by atoms with Gasteiger partial charge in [-0.3, -0.25) is 9.78 Å². The highest BCUT2D eigenvalue weighted by Gasteiger charge is 2.32. The zero-order valence-electron chi connectivity index (χ0n) is 11.7. The van der Waals surface area contributed by atoms with E-state index in [-0.39, 0.29) is 17.7 Å². The normalized spacial score (nSPS) is 11.8. The minimum Gasteiger partial charge on any atom is -0.507 e. The van der Waals surface area contributed by atoms with Crippen molar-refractivity contribution in [3.63, 3.8) is 0 Å². The predicted molar refractivity (Wildman–Crippen MR) is 78.3 cm³/mol. The molecule has 3 rings (SSSR count). The van der Waals surface area contributed by atoms with Crippen LogP contribution in [0.4, 0.5) is 13.2 Å². The van der Waals surface area contributed by atoms with Crippen LogP contribution in [0, 0.1) is 0 Å². The van der Waals surface area contributed by atoms with E-state index >= 15 is 0 Å². The van der Waals surface area contributed by atoms with Gasteiger partial charge in [-0.25, -0.2) is 0 Å². The van der Waals surface area contributed by atoms with Crippen molar-refractivity contribution in [3.05, 3.63) is 69.8 Å². The summed E-state index contributed by atoms with van der Waals surface area (Å²) in [6.45, 7) is 0. The van der Waals surface area contributed by atoms with Crippen LogP contribution in [-0.2, 0) is 12.6 Å². The van der Waals surface area contributed by atoms with E-state index in [0.29, 0.717) is 16.5 Å². The van der Waals surface area contributed by atoms with Gasteiger partial charge in [0.1, 0.15) is 11.4 Å². The van der Waals surface area contributed by atoms with E-state index in [2.05, 4.69) is 9.97 Å². The molecule has 118 valence electrons. The number of fused-ring (bicyclic) bond motifs is 1. The first kappa shape index (κ1) is 15.1. The number of benzene rings is 1. The number of nitrogens with zero attached hydrogens (tertiary/aromatic N) is 1. The number of para-hydroxylation sites is 1. The highest BCUT2D eigenvalue weighted by molar-refractivity contribution is 5.85. The smallest absolute Gasteiger partial charge is 0.433 e. The number of aromatic hydroxyl groups is 1. The Morgan fingerprint density at radius 2 is 1.87 bits per heavy atom. The topological polar surface area (TPSA) is 66.0 Å². The lowest BCUT2D eigenvalue weighted by molar-refractivity contribution is -0.141. The Hall–Kier alpha value is -2.83. The summed E-state index contributed by atoms with van der Waals surface area (Å²) >= 11 is 0. The van der Waals surface area contributed by atoms with Crippen molar-refractivity contribution in [1.82, 2.24) is 9.97 Å². The average molecular weight is 320 g/mol. The molecule has 0 aliphatic carbocycles. The standard InChI is InChI=1S/C16H11F3N2O2/c17-16(18,19)13-6-5-9(8-20-13)7-11-14(22)10-3-1-2-4-12(10)21-15(11)23/h1-6,8H,7H2,(H2,21,22,23). The molecule has 0 amide bonds. The van der Waals surface area contributed by atoms with Gasteiger partial charge in [0, 0.05) is 18.0 Å². The number of aromatic nitrogens is 2. The average Bonchev–Trinajstić information content (AvgIpc) is 2.51. The molecule has 2 N–H and O–H groups in total. The fourth-order valence-corrected chi connectivity index (χ4v) is 2.33. The minimum absolute atomic E-state index is 0.0167. The third kappa shape index (κ3) is 2.90. The van der Waals surface area contributed by atoms with Crippen LogP contribution in [0.5, 0.6) is 5.75 Å². The van der Waals surface area contributed by atoms with Gasteiger partial charge >= 0.3 is 6.18 Å². The molecule has 0 radical (unpaired) electrons. The van der Waals surface area contributed by atoms with Crippen LogP contribution < -0.4 is 5.56 Å². The van der Waals surface area contributed by atoms with Crippen LogP contribution in [-0.4, -0.2) is 15.1 Å². The van der Waals surface area contributed by atoms with Crippen molar-refractivity contribution in [2.24, 2.45) is 0 Å². The van der Waals surface area contributed by atoms with Gasteiger partial charge in [-0.1, -0.05) is 18.2 Å². The number of hydrogen-bond acceptors (Lipinski definition) is 3. The molecule has 2 aromatic heterocycles. The molecular weight excluding hydrogens is 309 g/mol. The summed E-state index contributed by atoms with van der Waals surface area (Å²) in [4.78, 5) is 18.1. The van der Waals surface area contributed by atoms with E-state index in [4.69, 9.17) is 0 Å². The summed E-state index contributed by atoms with van der Waals surface area (Å²) in [5, 5.41) is 10.7. The van der Waals surface area contributed by atoms with Crippen molar-refractivity contribution in [2.45, 2.75) is 12.6 Å². The molecule has 0 fully saturated rings. The lowest BCUT2D eigenvalue weighted by atomic mass is 10.0. The number of rotatable bonds is 2. The van der Waals surface area contributed by atoms with Crippen molar-refractivity contribution >= 4 is 10.9 Å². The number of alkyl halides is 3. The summed E-state index contributed by atoms with van der Waals surface area (Å²) in [6.07, 6.45) is -3.48. The van der Waals surface area contributed by atoms with Gasteiger partial charge in [-0.05, 0) is 23.8 Å². The highest BCUT2D eigenvalue weighted by Crippen LogP contribution is 2.29. The molecule has 23 heavy (non-hydrogen) atoms. The largest absolute Gasteiger partial charge is 0.507 e. The Morgan fingerprint density at radius 3 is 2.52 bits per heavy atom. The molecule has 1 aromatic carbocycles. The third-order valence-corrected chi connectivity index (χ3v) is 3.49. The van der Waals surface area contributed by atoms with Gasteiger partial charge in [-0.15, -0.1) is 0 Å². The van der Waals surface area contributed by atoms with Crippen LogP contribution in [0.3, 0.4) is 0 Å². The van der Waals surface area contributed by atoms with E-state index in [1.807, 2.05) is 0 Å².